The average Bonchev–Trinajstić information content (AvgIpc) is 3.03. The topological polar surface area (TPSA) is 23.6 Å². The van der Waals surface area contributed by atoms with Gasteiger partial charge in [0.05, 0.1) is 0 Å². The van der Waals surface area contributed by atoms with Crippen LogP contribution in [0.5, 0.6) is 0 Å². The van der Waals surface area contributed by atoms with E-state index in [2.05, 4.69) is 9.80 Å². The Hall–Kier alpha value is -0.570. The molecule has 2 atom stereocenters. The molecule has 3 nitrogen and oxygen atoms in total. The zero-order valence-corrected chi connectivity index (χ0v) is 11.3. The average molecular weight is 236 g/mol. The van der Waals surface area contributed by atoms with Gasteiger partial charge in [0.1, 0.15) is 0 Å². The van der Waals surface area contributed by atoms with Gasteiger partial charge >= 0.3 is 0 Å². The molecule has 1 aliphatic carbocycles. The summed E-state index contributed by atoms with van der Waals surface area (Å²) < 4.78 is 0. The van der Waals surface area contributed by atoms with Crippen LogP contribution in [0.2, 0.25) is 0 Å². The van der Waals surface area contributed by atoms with Crippen LogP contribution < -0.4 is 0 Å². The van der Waals surface area contributed by atoms with Crippen molar-refractivity contribution in [1.82, 2.24) is 9.80 Å². The third-order valence-electron chi connectivity index (χ3n) is 4.45. The van der Waals surface area contributed by atoms with Gasteiger partial charge in [0.15, 0.2) is 0 Å². The van der Waals surface area contributed by atoms with Gasteiger partial charge in [-0.15, -0.1) is 0 Å². The molecular formula is C14H24N2O. The van der Waals surface area contributed by atoms with Crippen LogP contribution in [-0.2, 0) is 4.79 Å². The highest BCUT2D eigenvalue weighted by molar-refractivity contribution is 5.82. The minimum atomic E-state index is -0.220. The third kappa shape index (κ3) is 1.99. The molecule has 17 heavy (non-hydrogen) atoms. The molecule has 3 aliphatic rings. The largest absolute Gasteiger partial charge is 0.334 e. The van der Waals surface area contributed by atoms with Gasteiger partial charge in [-0.2, -0.15) is 0 Å². The first-order chi connectivity index (χ1) is 7.97. The number of amides is 1. The molecule has 3 rings (SSSR count). The molecule has 2 unspecified atom stereocenters. The summed E-state index contributed by atoms with van der Waals surface area (Å²) in [6.45, 7) is 8.39. The van der Waals surface area contributed by atoms with Crippen molar-refractivity contribution in [3.05, 3.63) is 0 Å². The smallest absolute Gasteiger partial charge is 0.228 e. The SMILES string of the molecule is CC(C)(C)C(=O)N1C2CCC1CN(C1CC1)C2. The molecule has 96 valence electrons. The number of carbonyl (C=O) groups is 1. The van der Waals surface area contributed by atoms with Crippen molar-refractivity contribution < 1.29 is 4.79 Å². The van der Waals surface area contributed by atoms with E-state index in [1.54, 1.807) is 0 Å². The minimum absolute atomic E-state index is 0.220. The maximum Gasteiger partial charge on any atom is 0.228 e. The number of fused-ring (bicyclic) bond motifs is 2. The number of piperazine rings is 1. The second-order valence-corrected chi connectivity index (χ2v) is 7.03. The summed E-state index contributed by atoms with van der Waals surface area (Å²) >= 11 is 0. The second-order valence-electron chi connectivity index (χ2n) is 7.03. The second kappa shape index (κ2) is 3.71. The zero-order valence-electron chi connectivity index (χ0n) is 11.3. The summed E-state index contributed by atoms with van der Waals surface area (Å²) in [6.07, 6.45) is 5.20. The molecule has 2 bridgehead atoms. The van der Waals surface area contributed by atoms with Gasteiger partial charge in [0.2, 0.25) is 5.91 Å². The fourth-order valence-corrected chi connectivity index (χ4v) is 3.39. The fraction of sp³-hybridized carbons (Fsp3) is 0.929. The van der Waals surface area contributed by atoms with Crippen LogP contribution >= 0.6 is 0 Å². The van der Waals surface area contributed by atoms with E-state index in [0.717, 1.165) is 19.1 Å². The highest BCUT2D eigenvalue weighted by atomic mass is 16.2. The van der Waals surface area contributed by atoms with Crippen molar-refractivity contribution in [1.29, 1.82) is 0 Å². The summed E-state index contributed by atoms with van der Waals surface area (Å²) in [5.74, 6) is 0.362. The molecule has 0 aromatic heterocycles. The molecule has 2 saturated heterocycles. The maximum absolute atomic E-state index is 12.5. The highest BCUT2D eigenvalue weighted by Crippen LogP contribution is 2.38. The van der Waals surface area contributed by atoms with Crippen molar-refractivity contribution in [2.75, 3.05) is 13.1 Å². The minimum Gasteiger partial charge on any atom is -0.334 e. The first-order valence-electron chi connectivity index (χ1n) is 7.03. The molecule has 1 saturated carbocycles. The van der Waals surface area contributed by atoms with Crippen molar-refractivity contribution in [3.63, 3.8) is 0 Å². The van der Waals surface area contributed by atoms with Gasteiger partial charge in [-0.05, 0) is 25.7 Å². The molecule has 0 radical (unpaired) electrons. The van der Waals surface area contributed by atoms with Crippen LogP contribution in [0.25, 0.3) is 0 Å². The number of likely N-dealkylation sites (tertiary alicyclic amines) is 1. The van der Waals surface area contributed by atoms with Crippen LogP contribution in [0.15, 0.2) is 0 Å². The lowest BCUT2D eigenvalue weighted by Gasteiger charge is -2.43. The van der Waals surface area contributed by atoms with Crippen LogP contribution in [0.1, 0.15) is 46.5 Å². The van der Waals surface area contributed by atoms with E-state index in [9.17, 15) is 4.79 Å². The van der Waals surface area contributed by atoms with Gasteiger partial charge in [0.25, 0.3) is 0 Å². The van der Waals surface area contributed by atoms with E-state index in [0.29, 0.717) is 18.0 Å². The van der Waals surface area contributed by atoms with Crippen molar-refractivity contribution in [2.24, 2.45) is 5.41 Å². The van der Waals surface area contributed by atoms with Crippen LogP contribution in [0, 0.1) is 5.41 Å². The standard InChI is InChI=1S/C14H24N2O/c1-14(2,3)13(17)16-11-6-7-12(16)9-15(8-11)10-4-5-10/h10-12H,4-9H2,1-3H3. The zero-order chi connectivity index (χ0) is 12.2. The lowest BCUT2D eigenvalue weighted by molar-refractivity contribution is -0.145. The van der Waals surface area contributed by atoms with Gasteiger partial charge in [-0.25, -0.2) is 0 Å². The number of nitrogens with zero attached hydrogens (tertiary/aromatic N) is 2. The molecular weight excluding hydrogens is 212 g/mol. The Balaban J connectivity index is 1.74. The van der Waals surface area contributed by atoms with Gasteiger partial charge < -0.3 is 4.90 Å². The number of hydrogen-bond donors (Lipinski definition) is 0. The molecule has 0 aromatic carbocycles. The molecule has 2 aliphatic heterocycles. The van der Waals surface area contributed by atoms with Crippen molar-refractivity contribution >= 4 is 5.91 Å². The Labute approximate surface area is 104 Å². The van der Waals surface area contributed by atoms with E-state index >= 15 is 0 Å². The lowest BCUT2D eigenvalue weighted by Crippen LogP contribution is -2.58. The van der Waals surface area contributed by atoms with E-state index < -0.39 is 0 Å². The molecule has 3 heteroatoms. The van der Waals surface area contributed by atoms with Crippen LogP contribution in [0.4, 0.5) is 0 Å². The van der Waals surface area contributed by atoms with Gasteiger partial charge in [-0.1, -0.05) is 20.8 Å². The van der Waals surface area contributed by atoms with Crippen LogP contribution in [-0.4, -0.2) is 46.9 Å². The Morgan fingerprint density at radius 1 is 0.941 bits per heavy atom. The molecule has 1 amide bonds. The van der Waals surface area contributed by atoms with Crippen molar-refractivity contribution in [2.45, 2.75) is 64.6 Å². The first-order valence-corrected chi connectivity index (χ1v) is 7.03. The van der Waals surface area contributed by atoms with Gasteiger partial charge in [0, 0.05) is 36.6 Å². The Kier molecular flexibility index (Phi) is 2.51. The van der Waals surface area contributed by atoms with Gasteiger partial charge in [-0.3, -0.25) is 9.69 Å². The third-order valence-corrected chi connectivity index (χ3v) is 4.45. The Morgan fingerprint density at radius 3 is 1.82 bits per heavy atom. The Morgan fingerprint density at radius 2 is 1.41 bits per heavy atom. The molecule has 3 fully saturated rings. The van der Waals surface area contributed by atoms with Crippen molar-refractivity contribution in [3.8, 4) is 0 Å². The first kappa shape index (κ1) is 11.5. The monoisotopic (exact) mass is 236 g/mol. The summed E-state index contributed by atoms with van der Waals surface area (Å²) in [5, 5.41) is 0. The Bertz CT molecular complexity index is 316. The molecule has 2 heterocycles. The number of hydrogen-bond acceptors (Lipinski definition) is 2. The van der Waals surface area contributed by atoms with E-state index in [-0.39, 0.29) is 5.41 Å². The number of rotatable bonds is 1. The van der Waals surface area contributed by atoms with E-state index in [1.165, 1.54) is 25.7 Å². The van der Waals surface area contributed by atoms with E-state index in [1.807, 2.05) is 20.8 Å². The molecule has 0 N–H and O–H groups in total. The highest BCUT2D eigenvalue weighted by Gasteiger charge is 2.47. The normalized spacial score (nSPS) is 34.2. The maximum atomic E-state index is 12.5. The number of carbonyl (C=O) groups excluding carboxylic acids is 1. The predicted octanol–water partition coefficient (Wildman–Crippen LogP) is 1.87. The van der Waals surface area contributed by atoms with Crippen LogP contribution in [0.3, 0.4) is 0 Å². The summed E-state index contributed by atoms with van der Waals surface area (Å²) in [4.78, 5) is 17.3. The fourth-order valence-electron chi connectivity index (χ4n) is 3.39. The molecule has 0 spiro atoms. The summed E-state index contributed by atoms with van der Waals surface area (Å²) in [5.41, 5.74) is -0.220. The predicted molar refractivity (Wildman–Crippen MR) is 67.7 cm³/mol. The summed E-state index contributed by atoms with van der Waals surface area (Å²) in [6, 6.07) is 1.85. The van der Waals surface area contributed by atoms with E-state index in [4.69, 9.17) is 0 Å². The quantitative estimate of drug-likeness (QED) is 0.694. The lowest BCUT2D eigenvalue weighted by atomic mass is 9.93. The molecule has 0 aromatic rings. The summed E-state index contributed by atoms with van der Waals surface area (Å²) in [7, 11) is 0.